The highest BCUT2D eigenvalue weighted by atomic mass is 16.4. The number of anilines is 1. The van der Waals surface area contributed by atoms with E-state index in [-0.39, 0.29) is 5.92 Å². The van der Waals surface area contributed by atoms with E-state index in [0.717, 1.165) is 30.9 Å². The Hall–Kier alpha value is -2.30. The molecule has 1 aliphatic heterocycles. The highest BCUT2D eigenvalue weighted by Crippen LogP contribution is 2.35. The average molecular weight is 271 g/mol. The Kier molecular flexibility index (Phi) is 3.41. The smallest absolute Gasteiger partial charge is 0.311 e. The van der Waals surface area contributed by atoms with Crippen molar-refractivity contribution in [1.29, 1.82) is 0 Å². The maximum atomic E-state index is 11.3. The first-order valence-corrected chi connectivity index (χ1v) is 6.78. The van der Waals surface area contributed by atoms with Crippen LogP contribution in [-0.2, 0) is 11.3 Å². The van der Waals surface area contributed by atoms with Crippen LogP contribution in [0, 0.1) is 0 Å². The molecule has 1 aromatic heterocycles. The van der Waals surface area contributed by atoms with Gasteiger partial charge in [0.1, 0.15) is 0 Å². The molecule has 0 radical (unpaired) electrons. The minimum atomic E-state index is -0.730. The van der Waals surface area contributed by atoms with Gasteiger partial charge >= 0.3 is 5.97 Å². The van der Waals surface area contributed by atoms with E-state index in [0.29, 0.717) is 6.42 Å². The third kappa shape index (κ3) is 2.39. The molecule has 0 bridgehead atoms. The van der Waals surface area contributed by atoms with Crippen molar-refractivity contribution < 1.29 is 9.90 Å². The molecule has 1 aliphatic rings. The first-order valence-electron chi connectivity index (χ1n) is 6.78. The van der Waals surface area contributed by atoms with Gasteiger partial charge in [-0.05, 0) is 18.1 Å². The second-order valence-electron chi connectivity index (χ2n) is 5.03. The van der Waals surface area contributed by atoms with E-state index >= 15 is 0 Å². The minimum Gasteiger partial charge on any atom is -0.481 e. The Morgan fingerprint density at radius 1 is 1.35 bits per heavy atom. The van der Waals surface area contributed by atoms with Gasteiger partial charge < -0.3 is 14.6 Å². The number of carbonyl (C=O) groups is 1. The van der Waals surface area contributed by atoms with E-state index in [1.54, 1.807) is 12.5 Å². The van der Waals surface area contributed by atoms with Crippen LogP contribution in [0.25, 0.3) is 0 Å². The molecule has 0 amide bonds. The largest absolute Gasteiger partial charge is 0.481 e. The molecule has 3 rings (SSSR count). The fraction of sp³-hybridized carbons (Fsp3) is 0.333. The summed E-state index contributed by atoms with van der Waals surface area (Å²) in [6.45, 7) is 2.49. The number of imidazole rings is 1. The second kappa shape index (κ2) is 5.36. The Bertz CT molecular complexity index is 595. The molecule has 1 N–H and O–H groups in total. The molecule has 5 nitrogen and oxygen atoms in total. The van der Waals surface area contributed by atoms with Crippen molar-refractivity contribution in [3.63, 3.8) is 0 Å². The number of benzene rings is 1. The summed E-state index contributed by atoms with van der Waals surface area (Å²) in [6, 6.07) is 7.82. The molecule has 0 saturated carbocycles. The normalized spacial score (nSPS) is 17.8. The van der Waals surface area contributed by atoms with Gasteiger partial charge in [0.05, 0.1) is 12.2 Å². The van der Waals surface area contributed by atoms with Crippen molar-refractivity contribution in [1.82, 2.24) is 9.55 Å². The lowest BCUT2D eigenvalue weighted by atomic mass is 9.90. The molecule has 104 valence electrons. The van der Waals surface area contributed by atoms with Crippen LogP contribution in [0.15, 0.2) is 43.0 Å². The zero-order valence-corrected chi connectivity index (χ0v) is 11.1. The molecule has 0 saturated heterocycles. The lowest BCUT2D eigenvalue weighted by molar-refractivity contribution is -0.139. The number of carboxylic acids is 1. The Balaban J connectivity index is 1.80. The summed E-state index contributed by atoms with van der Waals surface area (Å²) in [7, 11) is 0. The van der Waals surface area contributed by atoms with Gasteiger partial charge in [0.25, 0.3) is 0 Å². The number of hydrogen-bond acceptors (Lipinski definition) is 3. The lowest BCUT2D eigenvalue weighted by Gasteiger charge is -2.34. The molecular weight excluding hydrogens is 254 g/mol. The van der Waals surface area contributed by atoms with Gasteiger partial charge in [-0.2, -0.15) is 0 Å². The summed E-state index contributed by atoms with van der Waals surface area (Å²) in [5, 5.41) is 9.32. The van der Waals surface area contributed by atoms with E-state index in [1.807, 2.05) is 35.0 Å². The van der Waals surface area contributed by atoms with Gasteiger partial charge in [-0.3, -0.25) is 4.79 Å². The molecule has 5 heteroatoms. The number of fused-ring (bicyclic) bond motifs is 1. The topological polar surface area (TPSA) is 58.4 Å². The highest BCUT2D eigenvalue weighted by Gasteiger charge is 2.29. The lowest BCUT2D eigenvalue weighted by Crippen LogP contribution is -2.35. The first kappa shape index (κ1) is 12.7. The van der Waals surface area contributed by atoms with Crippen LogP contribution in [0.1, 0.15) is 17.9 Å². The third-order valence-electron chi connectivity index (χ3n) is 3.83. The Morgan fingerprint density at radius 3 is 2.95 bits per heavy atom. The van der Waals surface area contributed by atoms with Crippen LogP contribution >= 0.6 is 0 Å². The fourth-order valence-electron chi connectivity index (χ4n) is 2.78. The van der Waals surface area contributed by atoms with Crippen LogP contribution in [0.2, 0.25) is 0 Å². The quantitative estimate of drug-likeness (QED) is 0.923. The number of para-hydroxylation sites is 1. The van der Waals surface area contributed by atoms with Crippen LogP contribution < -0.4 is 4.90 Å². The summed E-state index contributed by atoms with van der Waals surface area (Å²) in [6.07, 6.45) is 6.17. The fourth-order valence-corrected chi connectivity index (χ4v) is 2.78. The average Bonchev–Trinajstić information content (AvgIpc) is 2.97. The Labute approximate surface area is 117 Å². The summed E-state index contributed by atoms with van der Waals surface area (Å²) >= 11 is 0. The molecule has 1 unspecified atom stereocenters. The minimum absolute atomic E-state index is 0.379. The van der Waals surface area contributed by atoms with Gasteiger partial charge in [-0.15, -0.1) is 0 Å². The molecule has 2 aromatic rings. The summed E-state index contributed by atoms with van der Waals surface area (Å²) in [4.78, 5) is 17.6. The van der Waals surface area contributed by atoms with Gasteiger partial charge in [0.2, 0.25) is 0 Å². The van der Waals surface area contributed by atoms with E-state index in [2.05, 4.69) is 9.88 Å². The molecule has 0 spiro atoms. The van der Waals surface area contributed by atoms with Crippen molar-refractivity contribution in [2.45, 2.75) is 18.9 Å². The van der Waals surface area contributed by atoms with Crippen molar-refractivity contribution in [3.8, 4) is 0 Å². The maximum absolute atomic E-state index is 11.3. The second-order valence-corrected chi connectivity index (χ2v) is 5.03. The Morgan fingerprint density at radius 2 is 2.20 bits per heavy atom. The zero-order chi connectivity index (χ0) is 13.9. The summed E-state index contributed by atoms with van der Waals surface area (Å²) in [5.41, 5.74) is 1.98. The number of carboxylic acid groups (broad SMARTS) is 1. The highest BCUT2D eigenvalue weighted by molar-refractivity contribution is 5.80. The van der Waals surface area contributed by atoms with Gasteiger partial charge in [-0.25, -0.2) is 4.98 Å². The molecule has 0 fully saturated rings. The van der Waals surface area contributed by atoms with E-state index in [1.165, 1.54) is 0 Å². The standard InChI is InChI=1S/C15H17N3O2/c19-15(20)13-5-7-18(10-9-17-8-6-16-11-17)14-4-2-1-3-12(13)14/h1-4,6,8,11,13H,5,7,9-10H2,(H,19,20). The van der Waals surface area contributed by atoms with Gasteiger partial charge in [-0.1, -0.05) is 18.2 Å². The van der Waals surface area contributed by atoms with Crippen LogP contribution in [0.4, 0.5) is 5.69 Å². The predicted octanol–water partition coefficient (Wildman–Crippen LogP) is 1.96. The first-order chi connectivity index (χ1) is 9.75. The van der Waals surface area contributed by atoms with Crippen molar-refractivity contribution in [2.75, 3.05) is 18.0 Å². The van der Waals surface area contributed by atoms with Crippen LogP contribution in [0.3, 0.4) is 0 Å². The molecule has 2 heterocycles. The zero-order valence-electron chi connectivity index (χ0n) is 11.1. The molecule has 20 heavy (non-hydrogen) atoms. The van der Waals surface area contributed by atoms with E-state index in [9.17, 15) is 9.90 Å². The summed E-state index contributed by atoms with van der Waals surface area (Å²) in [5.74, 6) is -1.11. The number of hydrogen-bond donors (Lipinski definition) is 1. The molecular formula is C15H17N3O2. The van der Waals surface area contributed by atoms with Gasteiger partial charge in [0.15, 0.2) is 0 Å². The van der Waals surface area contributed by atoms with Crippen LogP contribution in [-0.4, -0.2) is 33.7 Å². The SMILES string of the molecule is O=C(O)C1CCN(CCn2ccnc2)c2ccccc21. The predicted molar refractivity (Wildman–Crippen MR) is 75.9 cm³/mol. The molecule has 0 aliphatic carbocycles. The maximum Gasteiger partial charge on any atom is 0.311 e. The van der Waals surface area contributed by atoms with Crippen molar-refractivity contribution >= 4 is 11.7 Å². The molecule has 1 aromatic carbocycles. The number of aliphatic carboxylic acids is 1. The third-order valence-corrected chi connectivity index (χ3v) is 3.83. The van der Waals surface area contributed by atoms with Crippen LogP contribution in [0.5, 0.6) is 0 Å². The van der Waals surface area contributed by atoms with Gasteiger partial charge in [0, 0.05) is 37.7 Å². The van der Waals surface area contributed by atoms with Crippen molar-refractivity contribution in [2.24, 2.45) is 0 Å². The van der Waals surface area contributed by atoms with E-state index in [4.69, 9.17) is 0 Å². The number of rotatable bonds is 4. The number of nitrogens with zero attached hydrogens (tertiary/aromatic N) is 3. The molecule has 1 atom stereocenters. The monoisotopic (exact) mass is 271 g/mol. The van der Waals surface area contributed by atoms with Crippen molar-refractivity contribution in [3.05, 3.63) is 48.5 Å². The van der Waals surface area contributed by atoms with E-state index < -0.39 is 5.97 Å². The number of aromatic nitrogens is 2. The summed E-state index contributed by atoms with van der Waals surface area (Å²) < 4.78 is 2.03.